The van der Waals surface area contributed by atoms with E-state index in [2.05, 4.69) is 146 Å². The fourth-order valence-corrected chi connectivity index (χ4v) is 8.34. The Morgan fingerprint density at radius 1 is 0.321 bits per heavy atom. The van der Waals surface area contributed by atoms with Gasteiger partial charge in [-0.15, -0.1) is 11.3 Å². The molecule has 0 spiro atoms. The normalized spacial score (nSPS) is 11.4. The van der Waals surface area contributed by atoms with E-state index in [9.17, 15) is 0 Å². The number of benzene rings is 7. The number of pyridine rings is 1. The summed E-state index contributed by atoms with van der Waals surface area (Å²) in [5.41, 5.74) is 10.4. The van der Waals surface area contributed by atoms with Gasteiger partial charge in [-0.05, 0) is 22.8 Å². The third-order valence-electron chi connectivity index (χ3n) is 9.76. The molecule has 10 rings (SSSR count). The lowest BCUT2D eigenvalue weighted by atomic mass is 9.98. The maximum absolute atomic E-state index is 5.48. The second kappa shape index (κ2) is 13.1. The molecule has 7 aromatic carbocycles. The molecule has 0 N–H and O–H groups in total. The van der Waals surface area contributed by atoms with Gasteiger partial charge in [0.1, 0.15) is 0 Å². The van der Waals surface area contributed by atoms with Gasteiger partial charge < -0.3 is 0 Å². The van der Waals surface area contributed by atoms with Crippen LogP contribution in [0.3, 0.4) is 0 Å². The second-order valence-corrected chi connectivity index (χ2v) is 14.1. The SMILES string of the molecule is c1ccc(-c2ccc(-c3nc(-c4ccccc4)nc(-c4ccc(-c5nc6c(-c7ccccc7)cccc6c6sc7ccccc7c56)cc4)n3)cc2)cc1. The largest absolute Gasteiger partial charge is 0.246 e. The molecule has 0 aliphatic heterocycles. The van der Waals surface area contributed by atoms with Crippen LogP contribution in [0.2, 0.25) is 0 Å². The van der Waals surface area contributed by atoms with Crippen LogP contribution in [-0.4, -0.2) is 19.9 Å². The fourth-order valence-electron chi connectivity index (χ4n) is 7.11. The molecule has 3 aromatic heterocycles. The van der Waals surface area contributed by atoms with Crippen LogP contribution in [-0.2, 0) is 0 Å². The van der Waals surface area contributed by atoms with Crippen molar-refractivity contribution < 1.29 is 0 Å². The summed E-state index contributed by atoms with van der Waals surface area (Å²) in [6.45, 7) is 0. The van der Waals surface area contributed by atoms with Gasteiger partial charge in [-0.2, -0.15) is 0 Å². The predicted octanol–water partition coefficient (Wildman–Crippen LogP) is 12.8. The quantitative estimate of drug-likeness (QED) is 0.174. The molecule has 0 amide bonds. The van der Waals surface area contributed by atoms with Crippen molar-refractivity contribution in [3.05, 3.63) is 182 Å². The summed E-state index contributed by atoms with van der Waals surface area (Å²) < 4.78 is 2.50. The molecule has 0 fully saturated rings. The van der Waals surface area contributed by atoms with Gasteiger partial charge in [-0.3, -0.25) is 0 Å². The summed E-state index contributed by atoms with van der Waals surface area (Å²) in [6, 6.07) is 63.2. The standard InChI is InChI=1S/C48H30N4S/c1-4-13-31(14-5-1)32-23-27-36(28-24-32)47-50-46(35-17-8-3-9-18-35)51-48(52-47)37-29-25-34(26-30-37)43-42-39-19-10-11-22-41(39)53-45(42)40-21-12-20-38(44(40)49-43)33-15-6-2-7-16-33/h1-30H. The average Bonchev–Trinajstić information content (AvgIpc) is 3.64. The van der Waals surface area contributed by atoms with Crippen molar-refractivity contribution in [3.8, 4) is 67.7 Å². The summed E-state index contributed by atoms with van der Waals surface area (Å²) in [7, 11) is 0. The van der Waals surface area contributed by atoms with E-state index < -0.39 is 0 Å². The molecule has 4 nitrogen and oxygen atoms in total. The van der Waals surface area contributed by atoms with Gasteiger partial charge in [0.25, 0.3) is 0 Å². The van der Waals surface area contributed by atoms with Crippen molar-refractivity contribution in [2.75, 3.05) is 0 Å². The highest BCUT2D eigenvalue weighted by molar-refractivity contribution is 7.26. The highest BCUT2D eigenvalue weighted by Crippen LogP contribution is 2.44. The maximum atomic E-state index is 5.48. The molecule has 0 unspecified atom stereocenters. The Bertz CT molecular complexity index is 2900. The van der Waals surface area contributed by atoms with Crippen LogP contribution in [0, 0.1) is 0 Å². The molecule has 53 heavy (non-hydrogen) atoms. The zero-order valence-electron chi connectivity index (χ0n) is 28.5. The van der Waals surface area contributed by atoms with E-state index in [0.717, 1.165) is 50.2 Å². The van der Waals surface area contributed by atoms with Crippen LogP contribution in [0.15, 0.2) is 182 Å². The topological polar surface area (TPSA) is 51.6 Å². The van der Waals surface area contributed by atoms with Crippen LogP contribution >= 0.6 is 11.3 Å². The van der Waals surface area contributed by atoms with Crippen LogP contribution in [0.25, 0.3) is 98.7 Å². The van der Waals surface area contributed by atoms with Crippen LogP contribution in [0.4, 0.5) is 0 Å². The highest BCUT2D eigenvalue weighted by atomic mass is 32.1. The van der Waals surface area contributed by atoms with E-state index in [1.54, 1.807) is 0 Å². The van der Waals surface area contributed by atoms with E-state index in [4.69, 9.17) is 19.9 Å². The molecule has 0 aliphatic rings. The van der Waals surface area contributed by atoms with Crippen LogP contribution < -0.4 is 0 Å². The number of fused-ring (bicyclic) bond motifs is 5. The number of hydrogen-bond acceptors (Lipinski definition) is 5. The molecule has 3 heterocycles. The molecular formula is C48H30N4S. The van der Waals surface area contributed by atoms with Crippen molar-refractivity contribution >= 4 is 42.4 Å². The number of aromatic nitrogens is 4. The summed E-state index contributed by atoms with van der Waals surface area (Å²) in [4.78, 5) is 20.5. The minimum atomic E-state index is 0.622. The molecule has 0 atom stereocenters. The minimum Gasteiger partial charge on any atom is -0.246 e. The lowest BCUT2D eigenvalue weighted by Crippen LogP contribution is -2.00. The van der Waals surface area contributed by atoms with E-state index in [-0.39, 0.29) is 0 Å². The predicted molar refractivity (Wildman–Crippen MR) is 221 cm³/mol. The Hall–Kier alpha value is -6.82. The summed E-state index contributed by atoms with van der Waals surface area (Å²) in [6.07, 6.45) is 0. The maximum Gasteiger partial charge on any atom is 0.164 e. The molecule has 5 heteroatoms. The first-order valence-electron chi connectivity index (χ1n) is 17.6. The summed E-state index contributed by atoms with van der Waals surface area (Å²) >= 11 is 1.84. The molecule has 0 saturated heterocycles. The van der Waals surface area contributed by atoms with Crippen LogP contribution in [0.1, 0.15) is 0 Å². The van der Waals surface area contributed by atoms with Crippen molar-refractivity contribution in [1.29, 1.82) is 0 Å². The number of nitrogens with zero attached hydrogens (tertiary/aromatic N) is 4. The van der Waals surface area contributed by atoms with E-state index in [1.165, 1.54) is 31.1 Å². The van der Waals surface area contributed by atoms with Crippen molar-refractivity contribution in [3.63, 3.8) is 0 Å². The van der Waals surface area contributed by atoms with Gasteiger partial charge in [0.05, 0.1) is 11.2 Å². The van der Waals surface area contributed by atoms with E-state index in [0.29, 0.717) is 17.5 Å². The van der Waals surface area contributed by atoms with E-state index >= 15 is 0 Å². The first-order chi connectivity index (χ1) is 26.3. The smallest absolute Gasteiger partial charge is 0.164 e. The van der Waals surface area contributed by atoms with Crippen molar-refractivity contribution in [2.45, 2.75) is 0 Å². The Morgan fingerprint density at radius 2 is 0.774 bits per heavy atom. The van der Waals surface area contributed by atoms with Gasteiger partial charge in [0.15, 0.2) is 17.5 Å². The van der Waals surface area contributed by atoms with Crippen molar-refractivity contribution in [2.24, 2.45) is 0 Å². The zero-order chi connectivity index (χ0) is 35.1. The Balaban J connectivity index is 1.11. The average molecular weight is 695 g/mol. The van der Waals surface area contributed by atoms with Crippen molar-refractivity contribution in [1.82, 2.24) is 19.9 Å². The monoisotopic (exact) mass is 694 g/mol. The fraction of sp³-hybridized carbons (Fsp3) is 0. The zero-order valence-corrected chi connectivity index (χ0v) is 29.3. The summed E-state index contributed by atoms with van der Waals surface area (Å²) in [5, 5.41) is 3.58. The molecule has 0 bridgehead atoms. The van der Waals surface area contributed by atoms with Gasteiger partial charge in [-0.25, -0.2) is 19.9 Å². The first kappa shape index (κ1) is 31.0. The molecule has 0 aliphatic carbocycles. The molecule has 248 valence electrons. The number of rotatable bonds is 6. The number of thiophene rings is 1. The number of para-hydroxylation sites is 1. The summed E-state index contributed by atoms with van der Waals surface area (Å²) in [5.74, 6) is 1.89. The van der Waals surface area contributed by atoms with Gasteiger partial charge in [0, 0.05) is 53.4 Å². The lowest BCUT2D eigenvalue weighted by molar-refractivity contribution is 1.07. The van der Waals surface area contributed by atoms with Gasteiger partial charge in [-0.1, -0.05) is 176 Å². The minimum absolute atomic E-state index is 0.622. The van der Waals surface area contributed by atoms with Gasteiger partial charge in [0.2, 0.25) is 0 Å². The lowest BCUT2D eigenvalue weighted by Gasteiger charge is -2.12. The van der Waals surface area contributed by atoms with Crippen LogP contribution in [0.5, 0.6) is 0 Å². The molecule has 0 saturated carbocycles. The second-order valence-electron chi connectivity index (χ2n) is 13.0. The van der Waals surface area contributed by atoms with Gasteiger partial charge >= 0.3 is 0 Å². The first-order valence-corrected chi connectivity index (χ1v) is 18.5. The Labute approximate surface area is 310 Å². The Morgan fingerprint density at radius 3 is 1.40 bits per heavy atom. The third kappa shape index (κ3) is 5.64. The highest BCUT2D eigenvalue weighted by Gasteiger charge is 2.19. The molecule has 0 radical (unpaired) electrons. The molecule has 10 aromatic rings. The number of hydrogen-bond donors (Lipinski definition) is 0. The van der Waals surface area contributed by atoms with E-state index in [1.807, 2.05) is 47.7 Å². The Kier molecular flexibility index (Phi) is 7.63. The third-order valence-corrected chi connectivity index (χ3v) is 11.0. The molecular weight excluding hydrogens is 665 g/mol.